The monoisotopic (exact) mass is 809 g/mol. The lowest BCUT2D eigenvalue weighted by Gasteiger charge is -2.22. The fourth-order valence-electron chi connectivity index (χ4n) is 8.20. The molecule has 57 heavy (non-hydrogen) atoms. The molecule has 0 fully saturated rings. The highest BCUT2D eigenvalue weighted by Crippen LogP contribution is 2.25. The molecule has 0 atom stereocenters. The summed E-state index contributed by atoms with van der Waals surface area (Å²) in [7, 11) is 1.68. The number of carbonyl (C=O) groups is 2. The second-order valence-corrected chi connectivity index (χ2v) is 16.8. The lowest BCUT2D eigenvalue weighted by Crippen LogP contribution is -2.65. The van der Waals surface area contributed by atoms with Gasteiger partial charge in [0.15, 0.2) is 0 Å². The second-order valence-electron chi connectivity index (χ2n) is 16.8. The lowest BCUT2D eigenvalue weighted by molar-refractivity contribution is -0.685. The predicted octanol–water partition coefficient (Wildman–Crippen LogP) is 12.0. The molecule has 1 heterocycles. The molecule has 9 nitrogen and oxygen atoms in total. The van der Waals surface area contributed by atoms with Crippen molar-refractivity contribution in [1.82, 2.24) is 4.90 Å². The molecule has 0 saturated carbocycles. The van der Waals surface area contributed by atoms with Gasteiger partial charge in [-0.3, -0.25) is 19.7 Å². The van der Waals surface area contributed by atoms with E-state index < -0.39 is 5.56 Å². The first kappa shape index (κ1) is 56.8. The third kappa shape index (κ3) is 35.4. The van der Waals surface area contributed by atoms with Crippen LogP contribution >= 0.6 is 0 Å². The van der Waals surface area contributed by atoms with Gasteiger partial charge in [-0.1, -0.05) is 214 Å². The number of carboxylic acid groups (broad SMARTS) is 2. The van der Waals surface area contributed by atoms with Gasteiger partial charge in [-0.25, -0.2) is 4.79 Å². The molecular formula is C48H94N3O6+. The molecule has 336 valence electrons. The number of anilines is 1. The van der Waals surface area contributed by atoms with Crippen LogP contribution in [0.4, 0.5) is 5.82 Å². The van der Waals surface area contributed by atoms with Gasteiger partial charge in [0.1, 0.15) is 0 Å². The zero-order valence-corrected chi connectivity index (χ0v) is 38.2. The first-order chi connectivity index (χ1) is 27.8. The molecule has 0 unspecified atom stereocenters. The van der Waals surface area contributed by atoms with E-state index in [1.165, 1.54) is 217 Å². The third-order valence-corrected chi connectivity index (χ3v) is 11.8. The van der Waals surface area contributed by atoms with Crippen molar-refractivity contribution in [2.24, 2.45) is 18.9 Å². The van der Waals surface area contributed by atoms with Gasteiger partial charge >= 0.3 is 16.8 Å². The lowest BCUT2D eigenvalue weighted by atomic mass is 9.89. The Balaban J connectivity index is 0. The number of hydrogen-bond donors (Lipinski definition) is 3. The van der Waals surface area contributed by atoms with Crippen molar-refractivity contribution in [3.8, 4) is 0 Å². The topological polar surface area (TPSA) is 128 Å². The summed E-state index contributed by atoms with van der Waals surface area (Å²) in [4.78, 5) is 42.8. The van der Waals surface area contributed by atoms with Crippen LogP contribution in [0.2, 0.25) is 0 Å². The molecule has 0 amide bonds. The summed E-state index contributed by atoms with van der Waals surface area (Å²) >= 11 is 0. The van der Waals surface area contributed by atoms with Gasteiger partial charge < -0.3 is 15.1 Å². The smallest absolute Gasteiger partial charge is 0.390 e. The minimum atomic E-state index is -0.396. The summed E-state index contributed by atoms with van der Waals surface area (Å²) in [5.41, 5.74) is -0.761. The molecule has 0 aromatic carbocycles. The Morgan fingerprint density at radius 3 is 1.14 bits per heavy atom. The van der Waals surface area contributed by atoms with E-state index in [-0.39, 0.29) is 18.4 Å². The molecule has 0 radical (unpaired) electrons. The van der Waals surface area contributed by atoms with Crippen molar-refractivity contribution >= 4 is 18.8 Å². The van der Waals surface area contributed by atoms with Crippen LogP contribution in [-0.2, 0) is 16.6 Å². The largest absolute Gasteiger partial charge is 0.483 e. The summed E-state index contributed by atoms with van der Waals surface area (Å²) in [6, 6.07) is 0. The number of nitrogens with zero attached hydrogens (tertiary/aromatic N) is 2. The summed E-state index contributed by atoms with van der Waals surface area (Å²) in [5, 5.41) is 17.0. The first-order valence-corrected chi connectivity index (χ1v) is 24.1. The Morgan fingerprint density at radius 1 is 0.491 bits per heavy atom. The van der Waals surface area contributed by atoms with Gasteiger partial charge in [-0.15, -0.1) is 0 Å². The van der Waals surface area contributed by atoms with Gasteiger partial charge in [-0.2, -0.15) is 4.57 Å². The zero-order chi connectivity index (χ0) is 42.6. The third-order valence-electron chi connectivity index (χ3n) is 11.8. The SMILES string of the molecule is CCCCCCC(CCCCCC)CCCCCCCCN(CCCCCCCCCC(CCCC)CCCC)CCCNc1c(=O)c(=O)[n+]1C.O=CO.O=CO. The number of nitrogens with one attached hydrogen (secondary N) is 1. The minimum Gasteiger partial charge on any atom is -0.483 e. The first-order valence-electron chi connectivity index (χ1n) is 24.1. The van der Waals surface area contributed by atoms with E-state index in [0.29, 0.717) is 5.82 Å². The van der Waals surface area contributed by atoms with Crippen molar-refractivity contribution in [2.45, 2.75) is 233 Å². The Kier molecular flexibility index (Phi) is 44.7. The van der Waals surface area contributed by atoms with Crippen molar-refractivity contribution < 1.29 is 24.4 Å². The molecule has 3 N–H and O–H groups in total. The summed E-state index contributed by atoms with van der Waals surface area (Å²) in [6.07, 6.45) is 44.6. The summed E-state index contributed by atoms with van der Waals surface area (Å²) in [6.45, 7) is 13.0. The highest BCUT2D eigenvalue weighted by Gasteiger charge is 2.24. The fourth-order valence-corrected chi connectivity index (χ4v) is 8.20. The Hall–Kier alpha value is -2.29. The van der Waals surface area contributed by atoms with E-state index in [1.807, 2.05) is 0 Å². The van der Waals surface area contributed by atoms with E-state index in [1.54, 1.807) is 7.05 Å². The van der Waals surface area contributed by atoms with Crippen LogP contribution in [0.15, 0.2) is 9.59 Å². The van der Waals surface area contributed by atoms with Crippen molar-refractivity contribution in [3.05, 3.63) is 20.6 Å². The van der Waals surface area contributed by atoms with Gasteiger partial charge in [-0.05, 0) is 44.2 Å². The van der Waals surface area contributed by atoms with Crippen LogP contribution in [0, 0.1) is 11.8 Å². The van der Waals surface area contributed by atoms with Crippen LogP contribution in [0.1, 0.15) is 233 Å². The summed E-state index contributed by atoms with van der Waals surface area (Å²) in [5.74, 6) is 2.44. The van der Waals surface area contributed by atoms with Crippen molar-refractivity contribution in [2.75, 3.05) is 31.5 Å². The molecular weight excluding hydrogens is 715 g/mol. The standard InChI is InChI=1S/C46H89N3O2.2CH2O2/c1-6-10-14-25-34-43(35-26-15-11-7-2)37-28-22-18-20-24-30-40-49(41-31-38-47-45-44(50)46(51)48(45)5)39-29-23-19-16-17-21-27-36-42(32-12-8-3)33-13-9-4;2*2-1-3/h42-43H,6-41H2,1-5H3;2*1H,(H,2,3)/p+1. The molecule has 0 aliphatic carbocycles. The van der Waals surface area contributed by atoms with E-state index in [4.69, 9.17) is 19.8 Å². The molecule has 1 aromatic rings. The van der Waals surface area contributed by atoms with Gasteiger partial charge in [0.25, 0.3) is 12.9 Å². The average molecular weight is 809 g/mol. The molecule has 0 aliphatic rings. The highest BCUT2D eigenvalue weighted by atomic mass is 16.3. The molecule has 0 aliphatic heterocycles. The number of unbranched alkanes of at least 4 members (excludes halogenated alkanes) is 19. The molecule has 1 rings (SSSR count). The van der Waals surface area contributed by atoms with Crippen molar-refractivity contribution in [1.29, 1.82) is 0 Å². The van der Waals surface area contributed by atoms with E-state index in [9.17, 15) is 9.59 Å². The maximum atomic E-state index is 11.8. The van der Waals surface area contributed by atoms with Gasteiger partial charge in [0, 0.05) is 6.54 Å². The maximum Gasteiger partial charge on any atom is 0.390 e. The Bertz CT molecular complexity index is 1030. The van der Waals surface area contributed by atoms with Crippen molar-refractivity contribution in [3.63, 3.8) is 0 Å². The second kappa shape index (κ2) is 44.8. The van der Waals surface area contributed by atoms with Crippen LogP contribution in [0.3, 0.4) is 0 Å². The van der Waals surface area contributed by atoms with E-state index in [2.05, 4.69) is 37.9 Å². The average Bonchev–Trinajstić information content (AvgIpc) is 3.21. The predicted molar refractivity (Wildman–Crippen MR) is 242 cm³/mol. The maximum absolute atomic E-state index is 11.8. The van der Waals surface area contributed by atoms with Gasteiger partial charge in [0.2, 0.25) is 0 Å². The van der Waals surface area contributed by atoms with Crippen LogP contribution in [-0.4, -0.2) is 54.2 Å². The zero-order valence-electron chi connectivity index (χ0n) is 38.2. The van der Waals surface area contributed by atoms with Crippen LogP contribution in [0.5, 0.6) is 0 Å². The highest BCUT2D eigenvalue weighted by molar-refractivity contribution is 5.33. The van der Waals surface area contributed by atoms with E-state index in [0.717, 1.165) is 31.3 Å². The number of aromatic nitrogens is 1. The Morgan fingerprint density at radius 2 is 0.789 bits per heavy atom. The molecule has 0 bridgehead atoms. The molecule has 0 spiro atoms. The Labute approximate surface area is 351 Å². The normalized spacial score (nSPS) is 11.2. The van der Waals surface area contributed by atoms with Crippen LogP contribution in [0.25, 0.3) is 0 Å². The van der Waals surface area contributed by atoms with E-state index >= 15 is 0 Å². The van der Waals surface area contributed by atoms with Crippen LogP contribution < -0.4 is 20.9 Å². The molecule has 9 heteroatoms. The van der Waals surface area contributed by atoms with Gasteiger partial charge in [0.05, 0.1) is 13.6 Å². The molecule has 1 aromatic heterocycles. The fraction of sp³-hybridized carbons (Fsp3) is 0.896. The quantitative estimate of drug-likeness (QED) is 0.0259. The minimum absolute atomic E-state index is 0.250. The summed E-state index contributed by atoms with van der Waals surface area (Å²) < 4.78 is 1.44. The number of rotatable bonds is 40. The number of hydrogen-bond acceptors (Lipinski definition) is 6. The molecule has 0 saturated heterocycles.